The minimum absolute atomic E-state index is 0.144. The number of β-amino-alcohol motifs (C(OH)–C–C–N with tert-alkyl or cyclic N) is 1. The van der Waals surface area contributed by atoms with Crippen molar-refractivity contribution in [3.63, 3.8) is 0 Å². The number of carboxylic acids is 1. The van der Waals surface area contributed by atoms with Crippen LogP contribution < -0.4 is 0 Å². The van der Waals surface area contributed by atoms with Crippen molar-refractivity contribution in [1.82, 2.24) is 4.90 Å². The van der Waals surface area contributed by atoms with Crippen LogP contribution in [0.4, 0.5) is 0 Å². The Bertz CT molecular complexity index is 1430. The number of likely N-dealkylation sites (tertiary alicyclic amines) is 1. The molecule has 4 fully saturated rings. The molecule has 2 aromatic carbocycles. The Morgan fingerprint density at radius 3 is 2.77 bits per heavy atom. The highest BCUT2D eigenvalue weighted by Gasteiger charge is 2.67. The smallest absolute Gasteiger partial charge is 0.321 e. The van der Waals surface area contributed by atoms with Crippen LogP contribution in [0.3, 0.4) is 0 Å². The number of allylic oxidation sites excluding steroid dienone is 1. The summed E-state index contributed by atoms with van der Waals surface area (Å²) in [4.78, 5) is 14.1. The van der Waals surface area contributed by atoms with Gasteiger partial charge in [-0.2, -0.15) is 0 Å². The number of ether oxygens (including phenoxy) is 1. The number of aliphatic hydroxyl groups is 1. The van der Waals surface area contributed by atoms with Gasteiger partial charge in [-0.1, -0.05) is 61.5 Å². The topological polar surface area (TPSA) is 70.0 Å². The molecule has 2 bridgehead atoms. The van der Waals surface area contributed by atoms with Crippen molar-refractivity contribution >= 4 is 16.7 Å². The standard InChI is InChI=1S/C34H39NO4/c1-32-13-12-25-17-24-8-9-26(35-20-27(36)18-29(35)31(37)38)19-33(24)14-15-34(25,39-33)30(32)11-10-28(32)23-7-6-21-4-2-3-5-22(21)16-23/h2-7,12,16-17,26-30,36H,8-11,13-15,18-20H2,1H3,(H,37,38)/t26-,27-,28-,29+,30-,32-,33?,34-/m1/s1. The lowest BCUT2D eigenvalue weighted by Gasteiger charge is -2.55. The first-order valence-corrected chi connectivity index (χ1v) is 15.1. The van der Waals surface area contributed by atoms with Gasteiger partial charge in [0.05, 0.1) is 17.3 Å². The van der Waals surface area contributed by atoms with E-state index in [1.807, 2.05) is 0 Å². The molecule has 8 atom stereocenters. The number of fused-ring (bicyclic) bond motifs is 2. The highest BCUT2D eigenvalue weighted by molar-refractivity contribution is 5.83. The minimum Gasteiger partial charge on any atom is -0.480 e. The number of nitrogens with zero attached hydrogens (tertiary/aromatic N) is 1. The number of hydrogen-bond donors (Lipinski definition) is 2. The first kappa shape index (κ1) is 24.3. The van der Waals surface area contributed by atoms with Gasteiger partial charge in [0.2, 0.25) is 0 Å². The van der Waals surface area contributed by atoms with Gasteiger partial charge in [0, 0.05) is 19.0 Å². The summed E-state index contributed by atoms with van der Waals surface area (Å²) in [5, 5.41) is 22.8. The lowest BCUT2D eigenvalue weighted by molar-refractivity contribution is -0.150. The Balaban J connectivity index is 1.12. The minimum atomic E-state index is -0.809. The number of carboxylic acid groups (broad SMARTS) is 1. The molecule has 2 spiro atoms. The van der Waals surface area contributed by atoms with Crippen LogP contribution in [-0.4, -0.2) is 57.0 Å². The molecule has 1 unspecified atom stereocenters. The lowest BCUT2D eigenvalue weighted by Crippen LogP contribution is -2.56. The monoisotopic (exact) mass is 525 g/mol. The summed E-state index contributed by atoms with van der Waals surface area (Å²) >= 11 is 0. The maximum atomic E-state index is 12.0. The second kappa shape index (κ2) is 8.28. The van der Waals surface area contributed by atoms with E-state index in [0.717, 1.165) is 38.5 Å². The molecule has 3 aliphatic carbocycles. The summed E-state index contributed by atoms with van der Waals surface area (Å²) in [7, 11) is 0. The second-order valence-corrected chi connectivity index (χ2v) is 13.7. The average molecular weight is 526 g/mol. The Kier molecular flexibility index (Phi) is 5.17. The van der Waals surface area contributed by atoms with Gasteiger partial charge in [0.1, 0.15) is 6.04 Å². The van der Waals surface area contributed by atoms with E-state index in [0.29, 0.717) is 24.8 Å². The quantitative estimate of drug-likeness (QED) is 0.517. The number of aliphatic carboxylic acids is 1. The molecule has 5 nitrogen and oxygen atoms in total. The molecule has 2 N–H and O–H groups in total. The van der Waals surface area contributed by atoms with Crippen molar-refractivity contribution in [2.75, 3.05) is 6.54 Å². The summed E-state index contributed by atoms with van der Waals surface area (Å²) < 4.78 is 7.45. The Morgan fingerprint density at radius 1 is 1.08 bits per heavy atom. The fraction of sp³-hybridized carbons (Fsp3) is 0.559. The molecule has 39 heavy (non-hydrogen) atoms. The normalized spacial score (nSPS) is 43.0. The van der Waals surface area contributed by atoms with Crippen LogP contribution in [-0.2, 0) is 9.53 Å². The van der Waals surface area contributed by atoms with Gasteiger partial charge in [-0.15, -0.1) is 0 Å². The van der Waals surface area contributed by atoms with Crippen LogP contribution in [0, 0.1) is 11.3 Å². The molecule has 0 radical (unpaired) electrons. The summed E-state index contributed by atoms with van der Waals surface area (Å²) in [5.41, 5.74) is 3.97. The first-order valence-electron chi connectivity index (χ1n) is 15.1. The second-order valence-electron chi connectivity index (χ2n) is 13.7. The van der Waals surface area contributed by atoms with Gasteiger partial charge in [0.15, 0.2) is 0 Å². The van der Waals surface area contributed by atoms with E-state index in [-0.39, 0.29) is 22.7 Å². The van der Waals surface area contributed by atoms with Crippen molar-refractivity contribution in [1.29, 1.82) is 0 Å². The average Bonchev–Trinajstić information content (AvgIpc) is 3.59. The van der Waals surface area contributed by atoms with E-state index < -0.39 is 18.1 Å². The maximum Gasteiger partial charge on any atom is 0.321 e. The zero-order valence-corrected chi connectivity index (χ0v) is 22.8. The number of benzene rings is 2. The van der Waals surface area contributed by atoms with Gasteiger partial charge in [-0.25, -0.2) is 0 Å². The molecule has 2 saturated heterocycles. The molecule has 2 saturated carbocycles. The highest BCUT2D eigenvalue weighted by atomic mass is 16.5. The van der Waals surface area contributed by atoms with Crippen LogP contribution in [0.1, 0.15) is 76.2 Å². The lowest BCUT2D eigenvalue weighted by atomic mass is 9.58. The summed E-state index contributed by atoms with van der Waals surface area (Å²) in [6, 6.07) is 15.3. The van der Waals surface area contributed by atoms with Gasteiger partial charge < -0.3 is 14.9 Å². The summed E-state index contributed by atoms with van der Waals surface area (Å²) in [6.07, 6.45) is 13.1. The van der Waals surface area contributed by atoms with Crippen molar-refractivity contribution < 1.29 is 19.7 Å². The SMILES string of the molecule is C[C@]12CC=C3C=C4CC[C@@H](N5C[C@H](O)C[C@H]5C(=O)O)CC45CC[C@]3(O5)[C@@H]1CC[C@@H]2c1ccc2ccccc2c1. The molecule has 3 aliphatic heterocycles. The zero-order valence-electron chi connectivity index (χ0n) is 22.8. The van der Waals surface area contributed by atoms with Crippen molar-refractivity contribution in [3.8, 4) is 0 Å². The Hall–Kier alpha value is -2.47. The largest absolute Gasteiger partial charge is 0.480 e. The third-order valence-corrected chi connectivity index (χ3v) is 11.9. The van der Waals surface area contributed by atoms with E-state index in [2.05, 4.69) is 66.4 Å². The predicted octanol–water partition coefficient (Wildman–Crippen LogP) is 5.97. The Morgan fingerprint density at radius 2 is 1.92 bits per heavy atom. The summed E-state index contributed by atoms with van der Waals surface area (Å²) in [6.45, 7) is 2.98. The van der Waals surface area contributed by atoms with Gasteiger partial charge in [-0.3, -0.25) is 9.69 Å². The third kappa shape index (κ3) is 3.33. The van der Waals surface area contributed by atoms with Crippen molar-refractivity contribution in [2.24, 2.45) is 11.3 Å². The number of rotatable bonds is 3. The molecule has 204 valence electrons. The molecular formula is C34H39NO4. The van der Waals surface area contributed by atoms with Crippen LogP contribution >= 0.6 is 0 Å². The molecular weight excluding hydrogens is 486 g/mol. The molecule has 5 heteroatoms. The van der Waals surface area contributed by atoms with Gasteiger partial charge >= 0.3 is 5.97 Å². The summed E-state index contributed by atoms with van der Waals surface area (Å²) in [5.74, 6) is 0.197. The van der Waals surface area contributed by atoms with Crippen molar-refractivity contribution in [2.45, 2.75) is 100 Å². The van der Waals surface area contributed by atoms with Gasteiger partial charge in [0.25, 0.3) is 0 Å². The highest BCUT2D eigenvalue weighted by Crippen LogP contribution is 2.69. The predicted molar refractivity (Wildman–Crippen MR) is 150 cm³/mol. The molecule has 8 rings (SSSR count). The van der Waals surface area contributed by atoms with Crippen molar-refractivity contribution in [3.05, 3.63) is 71.3 Å². The van der Waals surface area contributed by atoms with Crippen LogP contribution in [0.5, 0.6) is 0 Å². The third-order valence-electron chi connectivity index (χ3n) is 11.9. The fourth-order valence-corrected chi connectivity index (χ4v) is 10.1. The molecule has 3 heterocycles. The molecule has 2 aromatic rings. The van der Waals surface area contributed by atoms with Crippen LogP contribution in [0.2, 0.25) is 0 Å². The number of hydrogen-bond acceptors (Lipinski definition) is 4. The van der Waals surface area contributed by atoms with E-state index in [9.17, 15) is 15.0 Å². The number of carbonyl (C=O) groups is 1. The number of aliphatic hydroxyl groups excluding tert-OH is 1. The first-order chi connectivity index (χ1) is 18.8. The van der Waals surface area contributed by atoms with E-state index >= 15 is 0 Å². The van der Waals surface area contributed by atoms with Crippen LogP contribution in [0.25, 0.3) is 10.8 Å². The molecule has 0 aromatic heterocycles. The van der Waals surface area contributed by atoms with E-state index in [1.165, 1.54) is 40.3 Å². The maximum absolute atomic E-state index is 12.0. The van der Waals surface area contributed by atoms with E-state index in [1.54, 1.807) is 0 Å². The molecule has 6 aliphatic rings. The van der Waals surface area contributed by atoms with E-state index in [4.69, 9.17) is 4.74 Å². The molecule has 0 amide bonds. The Labute approximate surface area is 230 Å². The zero-order chi connectivity index (χ0) is 26.6. The van der Waals surface area contributed by atoms with Crippen LogP contribution in [0.15, 0.2) is 65.8 Å². The fourth-order valence-electron chi connectivity index (χ4n) is 10.1. The van der Waals surface area contributed by atoms with Gasteiger partial charge in [-0.05, 0) is 96.1 Å².